The van der Waals surface area contributed by atoms with Gasteiger partial charge in [-0.15, -0.1) is 0 Å². The summed E-state index contributed by atoms with van der Waals surface area (Å²) in [5, 5.41) is 3.82. The second-order valence-electron chi connectivity index (χ2n) is 3.98. The van der Waals surface area contributed by atoms with Crippen LogP contribution in [0.5, 0.6) is 0 Å². The second-order valence-corrected chi connectivity index (χ2v) is 3.98. The molecule has 0 aliphatic rings. The normalized spacial score (nSPS) is 12.5. The molecule has 13 heavy (non-hydrogen) atoms. The predicted octanol–water partition coefficient (Wildman–Crippen LogP) is 0.325. The van der Waals surface area contributed by atoms with Crippen LogP contribution in [0.15, 0.2) is 4.52 Å². The first-order valence-electron chi connectivity index (χ1n) is 4.16. The van der Waals surface area contributed by atoms with Crippen LogP contribution in [0.1, 0.15) is 25.6 Å². The molecular weight excluding hydrogens is 168 g/mol. The van der Waals surface area contributed by atoms with E-state index in [1.54, 1.807) is 0 Å². The lowest BCUT2D eigenvalue weighted by molar-refractivity contribution is 0.305. The zero-order chi connectivity index (χ0) is 10.1. The van der Waals surface area contributed by atoms with Crippen molar-refractivity contribution in [1.82, 2.24) is 15.0 Å². The molecule has 0 aliphatic heterocycles. The number of nitrogens with zero attached hydrogens (tertiary/aromatic N) is 3. The Morgan fingerprint density at radius 1 is 1.46 bits per heavy atom. The molecule has 0 aliphatic carbocycles. The lowest BCUT2D eigenvalue weighted by Crippen LogP contribution is -2.29. The van der Waals surface area contributed by atoms with E-state index < -0.39 is 5.54 Å². The van der Waals surface area contributed by atoms with Gasteiger partial charge in [0.15, 0.2) is 5.82 Å². The lowest BCUT2D eigenvalue weighted by Gasteiger charge is -2.11. The fourth-order valence-corrected chi connectivity index (χ4v) is 0.863. The molecule has 0 amide bonds. The molecule has 1 aromatic rings. The molecule has 0 aromatic carbocycles. The molecule has 0 bridgehead atoms. The van der Waals surface area contributed by atoms with E-state index in [1.165, 1.54) is 0 Å². The average molecular weight is 184 g/mol. The van der Waals surface area contributed by atoms with Crippen LogP contribution >= 0.6 is 0 Å². The molecule has 0 fully saturated rings. The Morgan fingerprint density at radius 2 is 2.08 bits per heavy atom. The maximum absolute atomic E-state index is 5.79. The Balaban J connectivity index is 2.75. The van der Waals surface area contributed by atoms with E-state index in [1.807, 2.05) is 32.8 Å². The number of hydrogen-bond donors (Lipinski definition) is 1. The maximum Gasteiger partial charge on any atom is 0.246 e. The van der Waals surface area contributed by atoms with E-state index in [4.69, 9.17) is 10.3 Å². The Morgan fingerprint density at radius 3 is 2.46 bits per heavy atom. The quantitative estimate of drug-likeness (QED) is 0.733. The van der Waals surface area contributed by atoms with Gasteiger partial charge in [0.1, 0.15) is 0 Å². The molecule has 5 heteroatoms. The maximum atomic E-state index is 5.79. The number of nitrogens with two attached hydrogens (primary N) is 1. The summed E-state index contributed by atoms with van der Waals surface area (Å²) in [7, 11) is 3.90. The van der Waals surface area contributed by atoms with Crippen molar-refractivity contribution in [3.05, 3.63) is 11.7 Å². The zero-order valence-corrected chi connectivity index (χ0v) is 8.53. The van der Waals surface area contributed by atoms with Gasteiger partial charge in [0, 0.05) is 0 Å². The molecule has 0 saturated heterocycles. The van der Waals surface area contributed by atoms with E-state index in [2.05, 4.69) is 10.1 Å². The minimum atomic E-state index is -0.558. The lowest BCUT2D eigenvalue weighted by atomic mass is 10.1. The third-order valence-electron chi connectivity index (χ3n) is 1.48. The number of hydrogen-bond acceptors (Lipinski definition) is 5. The van der Waals surface area contributed by atoms with Crippen molar-refractivity contribution in [2.45, 2.75) is 25.9 Å². The topological polar surface area (TPSA) is 68.2 Å². The molecule has 1 rings (SSSR count). The van der Waals surface area contributed by atoms with Gasteiger partial charge in [-0.1, -0.05) is 5.16 Å². The molecule has 0 saturated carbocycles. The molecule has 2 N–H and O–H groups in total. The fourth-order valence-electron chi connectivity index (χ4n) is 0.863. The van der Waals surface area contributed by atoms with Gasteiger partial charge in [0.05, 0.1) is 12.1 Å². The Kier molecular flexibility index (Phi) is 2.68. The van der Waals surface area contributed by atoms with Gasteiger partial charge in [-0.3, -0.25) is 0 Å². The Bertz CT molecular complexity index is 274. The van der Waals surface area contributed by atoms with Crippen LogP contribution in [0.2, 0.25) is 0 Å². The van der Waals surface area contributed by atoms with Crippen molar-refractivity contribution >= 4 is 0 Å². The van der Waals surface area contributed by atoms with Crippen molar-refractivity contribution in [3.63, 3.8) is 0 Å². The van der Waals surface area contributed by atoms with Crippen LogP contribution in [0, 0.1) is 0 Å². The third-order valence-corrected chi connectivity index (χ3v) is 1.48. The van der Waals surface area contributed by atoms with Crippen molar-refractivity contribution in [2.24, 2.45) is 5.73 Å². The summed E-state index contributed by atoms with van der Waals surface area (Å²) in [5.74, 6) is 1.14. The van der Waals surface area contributed by atoms with Gasteiger partial charge in [-0.05, 0) is 27.9 Å². The van der Waals surface area contributed by atoms with E-state index >= 15 is 0 Å². The summed E-state index contributed by atoms with van der Waals surface area (Å²) in [5.41, 5.74) is 5.23. The molecule has 0 spiro atoms. The molecule has 1 heterocycles. The van der Waals surface area contributed by atoms with Crippen LogP contribution in [0.3, 0.4) is 0 Å². The highest BCUT2D eigenvalue weighted by atomic mass is 16.5. The molecule has 0 unspecified atom stereocenters. The van der Waals surface area contributed by atoms with Crippen LogP contribution in [-0.2, 0) is 12.1 Å². The highest BCUT2D eigenvalue weighted by molar-refractivity contribution is 4.97. The summed E-state index contributed by atoms with van der Waals surface area (Å²) >= 11 is 0. The third kappa shape index (κ3) is 2.78. The monoisotopic (exact) mass is 184 g/mol. The van der Waals surface area contributed by atoms with Crippen LogP contribution in [0.4, 0.5) is 0 Å². The van der Waals surface area contributed by atoms with Gasteiger partial charge < -0.3 is 15.2 Å². The summed E-state index contributed by atoms with van der Waals surface area (Å²) in [4.78, 5) is 6.15. The predicted molar refractivity (Wildman–Crippen MR) is 48.9 cm³/mol. The van der Waals surface area contributed by atoms with Gasteiger partial charge in [0.2, 0.25) is 5.89 Å². The van der Waals surface area contributed by atoms with E-state index in [9.17, 15) is 0 Å². The van der Waals surface area contributed by atoms with Crippen molar-refractivity contribution in [3.8, 4) is 0 Å². The minimum Gasteiger partial charge on any atom is -0.337 e. The Hall–Kier alpha value is -0.940. The van der Waals surface area contributed by atoms with E-state index in [0.717, 1.165) is 0 Å². The molecular formula is C8H16N4O. The second kappa shape index (κ2) is 3.43. The smallest absolute Gasteiger partial charge is 0.246 e. The first kappa shape index (κ1) is 10.1. The van der Waals surface area contributed by atoms with Crippen molar-refractivity contribution in [1.29, 1.82) is 0 Å². The summed E-state index contributed by atoms with van der Waals surface area (Å²) in [6.07, 6.45) is 0. The highest BCUT2D eigenvalue weighted by Crippen LogP contribution is 2.13. The van der Waals surface area contributed by atoms with Crippen molar-refractivity contribution < 1.29 is 4.52 Å². The molecule has 1 aromatic heterocycles. The highest BCUT2D eigenvalue weighted by Gasteiger charge is 2.22. The SMILES string of the molecule is CN(C)Cc1noc(C(C)(C)N)n1. The minimum absolute atomic E-state index is 0.476. The first-order chi connectivity index (χ1) is 5.89. The van der Waals surface area contributed by atoms with E-state index in [-0.39, 0.29) is 0 Å². The van der Waals surface area contributed by atoms with Crippen LogP contribution < -0.4 is 5.73 Å². The fraction of sp³-hybridized carbons (Fsp3) is 0.750. The van der Waals surface area contributed by atoms with Gasteiger partial charge in [0.25, 0.3) is 0 Å². The number of rotatable bonds is 3. The van der Waals surface area contributed by atoms with Gasteiger partial charge >= 0.3 is 0 Å². The van der Waals surface area contributed by atoms with Gasteiger partial charge in [-0.25, -0.2) is 0 Å². The Labute approximate surface area is 77.9 Å². The van der Waals surface area contributed by atoms with Crippen molar-refractivity contribution in [2.75, 3.05) is 14.1 Å². The summed E-state index contributed by atoms with van der Waals surface area (Å²) < 4.78 is 5.02. The molecule has 74 valence electrons. The summed E-state index contributed by atoms with van der Waals surface area (Å²) in [6, 6.07) is 0. The molecule has 5 nitrogen and oxygen atoms in total. The van der Waals surface area contributed by atoms with Crippen LogP contribution in [-0.4, -0.2) is 29.1 Å². The first-order valence-corrected chi connectivity index (χ1v) is 4.16. The van der Waals surface area contributed by atoms with Gasteiger partial charge in [-0.2, -0.15) is 4.98 Å². The standard InChI is InChI=1S/C8H16N4O/c1-8(2,9)7-10-6(11-13-7)5-12(3)4/h5,9H2,1-4H3. The summed E-state index contributed by atoms with van der Waals surface area (Å²) in [6.45, 7) is 4.33. The zero-order valence-electron chi connectivity index (χ0n) is 8.53. The van der Waals surface area contributed by atoms with Crippen LogP contribution in [0.25, 0.3) is 0 Å². The largest absolute Gasteiger partial charge is 0.337 e. The average Bonchev–Trinajstić information content (AvgIpc) is 2.32. The number of aromatic nitrogens is 2. The molecule has 0 atom stereocenters. The molecule has 0 radical (unpaired) electrons. The van der Waals surface area contributed by atoms with E-state index in [0.29, 0.717) is 18.3 Å².